The Morgan fingerprint density at radius 3 is 3.12 bits per heavy atom. The van der Waals surface area contributed by atoms with Gasteiger partial charge in [-0.15, -0.1) is 0 Å². The van der Waals surface area contributed by atoms with Crippen LogP contribution in [0.25, 0.3) is 0 Å². The molecule has 0 radical (unpaired) electrons. The zero-order valence-electron chi connectivity index (χ0n) is 9.52. The molecule has 3 rings (SSSR count). The van der Waals surface area contributed by atoms with Crippen LogP contribution >= 0.6 is 15.9 Å². The molecule has 0 aliphatic carbocycles. The van der Waals surface area contributed by atoms with Gasteiger partial charge < -0.3 is 15.4 Å². The molecule has 0 aromatic heterocycles. The third kappa shape index (κ3) is 1.81. The SMILES string of the molecule is CC12CNc3cc(Br)c(F)cc3NC1COC2. The van der Waals surface area contributed by atoms with Gasteiger partial charge in [0.1, 0.15) is 5.82 Å². The Labute approximate surface area is 108 Å². The number of anilines is 2. The number of fused-ring (bicyclic) bond motifs is 2. The van der Waals surface area contributed by atoms with Crippen molar-refractivity contribution < 1.29 is 9.13 Å². The highest BCUT2D eigenvalue weighted by atomic mass is 79.9. The van der Waals surface area contributed by atoms with Crippen LogP contribution in [0, 0.1) is 11.2 Å². The highest BCUT2D eigenvalue weighted by Gasteiger charge is 2.41. The molecule has 1 saturated heterocycles. The van der Waals surface area contributed by atoms with Crippen molar-refractivity contribution in [2.24, 2.45) is 5.41 Å². The van der Waals surface area contributed by atoms with Crippen LogP contribution in [0.5, 0.6) is 0 Å². The topological polar surface area (TPSA) is 33.3 Å². The monoisotopic (exact) mass is 300 g/mol. The van der Waals surface area contributed by atoms with Gasteiger partial charge in [-0.25, -0.2) is 4.39 Å². The van der Waals surface area contributed by atoms with Crippen molar-refractivity contribution in [1.29, 1.82) is 0 Å². The van der Waals surface area contributed by atoms with E-state index in [4.69, 9.17) is 4.74 Å². The van der Waals surface area contributed by atoms with Gasteiger partial charge in [0.05, 0.1) is 35.1 Å². The number of benzene rings is 1. The first-order valence-corrected chi connectivity index (χ1v) is 6.45. The summed E-state index contributed by atoms with van der Waals surface area (Å²) in [6.07, 6.45) is 0. The fourth-order valence-corrected chi connectivity index (χ4v) is 2.74. The lowest BCUT2D eigenvalue weighted by Gasteiger charge is -2.27. The molecule has 2 aliphatic heterocycles. The summed E-state index contributed by atoms with van der Waals surface area (Å²) < 4.78 is 19.5. The molecule has 0 amide bonds. The summed E-state index contributed by atoms with van der Waals surface area (Å²) in [5.41, 5.74) is 1.81. The van der Waals surface area contributed by atoms with Gasteiger partial charge in [0, 0.05) is 18.0 Å². The molecule has 17 heavy (non-hydrogen) atoms. The van der Waals surface area contributed by atoms with Crippen LogP contribution in [0.2, 0.25) is 0 Å². The molecular weight excluding hydrogens is 287 g/mol. The van der Waals surface area contributed by atoms with Crippen molar-refractivity contribution in [3.05, 3.63) is 22.4 Å². The maximum atomic E-state index is 13.5. The van der Waals surface area contributed by atoms with Crippen molar-refractivity contribution >= 4 is 27.3 Å². The van der Waals surface area contributed by atoms with Gasteiger partial charge in [-0.05, 0) is 22.0 Å². The molecule has 2 aliphatic rings. The molecule has 3 nitrogen and oxygen atoms in total. The zero-order valence-corrected chi connectivity index (χ0v) is 11.1. The summed E-state index contributed by atoms with van der Waals surface area (Å²) >= 11 is 3.21. The lowest BCUT2D eigenvalue weighted by atomic mass is 9.85. The van der Waals surface area contributed by atoms with E-state index in [0.29, 0.717) is 11.1 Å². The third-order valence-electron chi connectivity index (χ3n) is 3.63. The van der Waals surface area contributed by atoms with Crippen LogP contribution in [0.15, 0.2) is 16.6 Å². The summed E-state index contributed by atoms with van der Waals surface area (Å²) in [6.45, 7) is 4.42. The van der Waals surface area contributed by atoms with E-state index < -0.39 is 0 Å². The molecule has 2 heterocycles. The van der Waals surface area contributed by atoms with Crippen molar-refractivity contribution in [1.82, 2.24) is 0 Å². The van der Waals surface area contributed by atoms with E-state index >= 15 is 0 Å². The van der Waals surface area contributed by atoms with Crippen LogP contribution < -0.4 is 10.6 Å². The van der Waals surface area contributed by atoms with Crippen LogP contribution in [-0.4, -0.2) is 25.8 Å². The van der Waals surface area contributed by atoms with Crippen molar-refractivity contribution in [3.63, 3.8) is 0 Å². The molecule has 92 valence electrons. The summed E-state index contributed by atoms with van der Waals surface area (Å²) in [5.74, 6) is -0.249. The Bertz CT molecular complexity index is 468. The fraction of sp³-hybridized carbons (Fsp3) is 0.500. The minimum absolute atomic E-state index is 0.0575. The van der Waals surface area contributed by atoms with E-state index in [2.05, 4.69) is 33.5 Å². The van der Waals surface area contributed by atoms with E-state index in [1.807, 2.05) is 0 Å². The molecule has 0 bridgehead atoms. The van der Waals surface area contributed by atoms with E-state index in [0.717, 1.165) is 24.5 Å². The summed E-state index contributed by atoms with van der Waals surface area (Å²) in [6, 6.07) is 3.54. The average molecular weight is 301 g/mol. The number of hydrogen-bond acceptors (Lipinski definition) is 3. The Hall–Kier alpha value is -0.810. The average Bonchev–Trinajstić information content (AvgIpc) is 2.58. The van der Waals surface area contributed by atoms with E-state index in [9.17, 15) is 4.39 Å². The van der Waals surface area contributed by atoms with Crippen LogP contribution in [-0.2, 0) is 4.74 Å². The smallest absolute Gasteiger partial charge is 0.139 e. The van der Waals surface area contributed by atoms with E-state index in [1.165, 1.54) is 6.07 Å². The summed E-state index contributed by atoms with van der Waals surface area (Å²) in [4.78, 5) is 0. The lowest BCUT2D eigenvalue weighted by molar-refractivity contribution is 0.164. The number of halogens is 2. The predicted molar refractivity (Wildman–Crippen MR) is 68.9 cm³/mol. The first-order chi connectivity index (χ1) is 8.08. The maximum Gasteiger partial charge on any atom is 0.139 e. The van der Waals surface area contributed by atoms with Gasteiger partial charge in [-0.2, -0.15) is 0 Å². The molecule has 1 aromatic carbocycles. The first-order valence-electron chi connectivity index (χ1n) is 5.66. The van der Waals surface area contributed by atoms with Gasteiger partial charge in [0.15, 0.2) is 0 Å². The Morgan fingerprint density at radius 2 is 2.29 bits per heavy atom. The first kappa shape index (κ1) is 11.3. The van der Waals surface area contributed by atoms with Crippen LogP contribution in [0.3, 0.4) is 0 Å². The molecule has 1 aromatic rings. The standard InChI is InChI=1S/C12H14BrFN2O/c1-12-5-15-9-2-7(13)8(14)3-10(9)16-11(12)4-17-6-12/h2-3,11,15-16H,4-6H2,1H3. The molecule has 0 saturated carbocycles. The molecule has 2 N–H and O–H groups in total. The molecule has 2 atom stereocenters. The Balaban J connectivity index is 2.00. The van der Waals surface area contributed by atoms with Gasteiger partial charge in [0.2, 0.25) is 0 Å². The largest absolute Gasteiger partial charge is 0.383 e. The second-order valence-corrected chi connectivity index (χ2v) is 5.89. The van der Waals surface area contributed by atoms with E-state index in [1.54, 1.807) is 6.07 Å². The Kier molecular flexibility index (Phi) is 2.56. The van der Waals surface area contributed by atoms with Crippen molar-refractivity contribution in [3.8, 4) is 0 Å². The highest BCUT2D eigenvalue weighted by Crippen LogP contribution is 2.38. The quantitative estimate of drug-likeness (QED) is 0.773. The normalized spacial score (nSPS) is 30.9. The van der Waals surface area contributed by atoms with Crippen LogP contribution in [0.4, 0.5) is 15.8 Å². The number of hydrogen-bond donors (Lipinski definition) is 2. The molecule has 0 spiro atoms. The second-order valence-electron chi connectivity index (χ2n) is 5.03. The minimum atomic E-state index is -0.249. The minimum Gasteiger partial charge on any atom is -0.383 e. The number of rotatable bonds is 0. The van der Waals surface area contributed by atoms with Gasteiger partial charge in [-0.3, -0.25) is 0 Å². The number of nitrogens with one attached hydrogen (secondary N) is 2. The van der Waals surface area contributed by atoms with Crippen LogP contribution in [0.1, 0.15) is 6.92 Å². The molecule has 2 unspecified atom stereocenters. The molecule has 5 heteroatoms. The highest BCUT2D eigenvalue weighted by molar-refractivity contribution is 9.10. The summed E-state index contributed by atoms with van der Waals surface area (Å²) in [5, 5.41) is 6.75. The van der Waals surface area contributed by atoms with E-state index in [-0.39, 0.29) is 17.3 Å². The fourth-order valence-electron chi connectivity index (χ4n) is 2.40. The lowest BCUT2D eigenvalue weighted by Crippen LogP contribution is -2.40. The molecular formula is C12H14BrFN2O. The Morgan fingerprint density at radius 1 is 1.47 bits per heavy atom. The van der Waals surface area contributed by atoms with Gasteiger partial charge in [-0.1, -0.05) is 6.92 Å². The third-order valence-corrected chi connectivity index (χ3v) is 4.24. The van der Waals surface area contributed by atoms with Gasteiger partial charge >= 0.3 is 0 Å². The van der Waals surface area contributed by atoms with Crippen molar-refractivity contribution in [2.75, 3.05) is 30.4 Å². The molecule has 1 fully saturated rings. The van der Waals surface area contributed by atoms with Gasteiger partial charge in [0.25, 0.3) is 0 Å². The number of ether oxygens (including phenoxy) is 1. The summed E-state index contributed by atoms with van der Waals surface area (Å²) in [7, 11) is 0. The maximum absolute atomic E-state index is 13.5. The predicted octanol–water partition coefficient (Wildman–Crippen LogP) is 2.83. The van der Waals surface area contributed by atoms with Crippen molar-refractivity contribution in [2.45, 2.75) is 13.0 Å². The second kappa shape index (κ2) is 3.85. The zero-order chi connectivity index (χ0) is 12.0.